The Labute approximate surface area is 48.2 Å². The molecule has 1 aliphatic heterocycles. The van der Waals surface area contributed by atoms with Gasteiger partial charge < -0.3 is 9.64 Å². The van der Waals surface area contributed by atoms with Crippen molar-refractivity contribution in [3.63, 3.8) is 0 Å². The maximum Gasteiger partial charge on any atom is 0.248 e. The summed E-state index contributed by atoms with van der Waals surface area (Å²) < 4.78 is 4.61. The van der Waals surface area contributed by atoms with E-state index in [-0.39, 0.29) is 12.5 Å². The first kappa shape index (κ1) is 5.56. The Morgan fingerprint density at radius 1 is 1.75 bits per heavy atom. The van der Waals surface area contributed by atoms with Gasteiger partial charge in [0.25, 0.3) is 0 Å². The topological polar surface area (TPSA) is 29.3 Å². The molecule has 0 aromatic carbocycles. The standard InChI is InChI=1S/C5H9NO2/c1-8-4-5(7)6-2-3-6/h2-4H2,1H3. The predicted molar refractivity (Wildman–Crippen MR) is 28.5 cm³/mol. The molecule has 1 fully saturated rings. The van der Waals surface area contributed by atoms with Gasteiger partial charge in [-0.1, -0.05) is 0 Å². The van der Waals surface area contributed by atoms with Crippen molar-refractivity contribution in [3.8, 4) is 0 Å². The minimum Gasteiger partial charge on any atom is -0.375 e. The number of ether oxygens (including phenoxy) is 1. The first-order chi connectivity index (χ1) is 3.84. The zero-order valence-corrected chi connectivity index (χ0v) is 4.89. The minimum atomic E-state index is 0.104. The summed E-state index contributed by atoms with van der Waals surface area (Å²) in [5.74, 6) is 0.104. The van der Waals surface area contributed by atoms with Crippen molar-refractivity contribution < 1.29 is 9.53 Å². The van der Waals surface area contributed by atoms with Crippen molar-refractivity contribution in [2.75, 3.05) is 26.8 Å². The van der Waals surface area contributed by atoms with Gasteiger partial charge in [0.15, 0.2) is 0 Å². The highest BCUT2D eigenvalue weighted by molar-refractivity contribution is 5.79. The van der Waals surface area contributed by atoms with Crippen LogP contribution >= 0.6 is 0 Å². The molecule has 1 amide bonds. The molecule has 0 aliphatic carbocycles. The van der Waals surface area contributed by atoms with Gasteiger partial charge in [0.2, 0.25) is 5.91 Å². The number of methoxy groups -OCH3 is 1. The molecular weight excluding hydrogens is 106 g/mol. The van der Waals surface area contributed by atoms with Crippen LogP contribution in [0.4, 0.5) is 0 Å². The fraction of sp³-hybridized carbons (Fsp3) is 0.800. The summed E-state index contributed by atoms with van der Waals surface area (Å²) in [6.07, 6.45) is 0. The van der Waals surface area contributed by atoms with Crippen LogP contribution in [0.1, 0.15) is 0 Å². The summed E-state index contributed by atoms with van der Waals surface area (Å²) in [7, 11) is 1.53. The van der Waals surface area contributed by atoms with E-state index in [0.29, 0.717) is 0 Å². The molecule has 0 saturated carbocycles. The maximum absolute atomic E-state index is 10.6. The normalized spacial score (nSPS) is 16.4. The van der Waals surface area contributed by atoms with Crippen molar-refractivity contribution in [2.45, 2.75) is 0 Å². The molecule has 0 aromatic heterocycles. The molecule has 3 heteroatoms. The highest BCUT2D eigenvalue weighted by Crippen LogP contribution is 2.02. The fourth-order valence-corrected chi connectivity index (χ4v) is 0.514. The van der Waals surface area contributed by atoms with E-state index < -0.39 is 0 Å². The highest BCUT2D eigenvalue weighted by Gasteiger charge is 2.22. The quantitative estimate of drug-likeness (QED) is 0.453. The molecule has 3 nitrogen and oxygen atoms in total. The molecule has 46 valence electrons. The average Bonchev–Trinajstić information content (AvgIpc) is 2.45. The van der Waals surface area contributed by atoms with Crippen molar-refractivity contribution in [3.05, 3.63) is 0 Å². The van der Waals surface area contributed by atoms with Crippen LogP contribution in [-0.4, -0.2) is 37.6 Å². The Hall–Kier alpha value is -0.570. The lowest BCUT2D eigenvalue weighted by atomic mass is 10.6. The van der Waals surface area contributed by atoms with Crippen LogP contribution in [0.2, 0.25) is 0 Å². The van der Waals surface area contributed by atoms with Crippen LogP contribution < -0.4 is 0 Å². The molecule has 0 atom stereocenters. The van der Waals surface area contributed by atoms with Gasteiger partial charge in [0, 0.05) is 20.2 Å². The van der Waals surface area contributed by atoms with Crippen molar-refractivity contribution in [2.24, 2.45) is 0 Å². The zero-order chi connectivity index (χ0) is 5.98. The van der Waals surface area contributed by atoms with Gasteiger partial charge in [-0.3, -0.25) is 4.79 Å². The maximum atomic E-state index is 10.6. The molecule has 0 spiro atoms. The summed E-state index contributed by atoms with van der Waals surface area (Å²) in [4.78, 5) is 12.3. The Kier molecular flexibility index (Phi) is 1.48. The average molecular weight is 115 g/mol. The SMILES string of the molecule is COCC(=O)N1CC1. The number of carbonyl (C=O) groups excluding carboxylic acids is 1. The minimum absolute atomic E-state index is 0.104. The summed E-state index contributed by atoms with van der Waals surface area (Å²) in [5.41, 5.74) is 0. The number of nitrogens with zero attached hydrogens (tertiary/aromatic N) is 1. The van der Waals surface area contributed by atoms with Gasteiger partial charge in [-0.05, 0) is 0 Å². The zero-order valence-electron chi connectivity index (χ0n) is 4.89. The molecule has 0 N–H and O–H groups in total. The van der Waals surface area contributed by atoms with Crippen LogP contribution in [-0.2, 0) is 9.53 Å². The molecule has 1 saturated heterocycles. The second kappa shape index (κ2) is 2.13. The number of hydrogen-bond acceptors (Lipinski definition) is 2. The van der Waals surface area contributed by atoms with Gasteiger partial charge >= 0.3 is 0 Å². The molecule has 1 aliphatic rings. The molecule has 1 heterocycles. The summed E-state index contributed by atoms with van der Waals surface area (Å²) in [6, 6.07) is 0. The van der Waals surface area contributed by atoms with E-state index >= 15 is 0 Å². The van der Waals surface area contributed by atoms with Crippen molar-refractivity contribution in [1.29, 1.82) is 0 Å². The highest BCUT2D eigenvalue weighted by atomic mass is 16.5. The van der Waals surface area contributed by atoms with E-state index in [1.165, 1.54) is 7.11 Å². The van der Waals surface area contributed by atoms with Gasteiger partial charge in [0.1, 0.15) is 6.61 Å². The lowest BCUT2D eigenvalue weighted by Crippen LogP contribution is -2.15. The Balaban J connectivity index is 2.13. The number of hydrogen-bond donors (Lipinski definition) is 0. The van der Waals surface area contributed by atoms with Gasteiger partial charge in [-0.15, -0.1) is 0 Å². The third kappa shape index (κ3) is 1.20. The monoisotopic (exact) mass is 115 g/mol. The van der Waals surface area contributed by atoms with Gasteiger partial charge in [0.05, 0.1) is 0 Å². The smallest absolute Gasteiger partial charge is 0.248 e. The second-order valence-electron chi connectivity index (χ2n) is 1.81. The molecule has 1 rings (SSSR count). The Morgan fingerprint density at radius 2 is 2.38 bits per heavy atom. The van der Waals surface area contributed by atoms with Crippen molar-refractivity contribution >= 4 is 5.91 Å². The molecular formula is C5H9NO2. The molecule has 0 bridgehead atoms. The molecule has 0 radical (unpaired) electrons. The lowest BCUT2D eigenvalue weighted by molar-refractivity contribution is -0.129. The molecule has 0 unspecified atom stereocenters. The van der Waals surface area contributed by atoms with Crippen LogP contribution in [0.5, 0.6) is 0 Å². The van der Waals surface area contributed by atoms with E-state index in [1.54, 1.807) is 4.90 Å². The first-order valence-electron chi connectivity index (χ1n) is 2.61. The van der Waals surface area contributed by atoms with E-state index in [4.69, 9.17) is 0 Å². The number of carbonyl (C=O) groups is 1. The lowest BCUT2D eigenvalue weighted by Gasteiger charge is -1.96. The van der Waals surface area contributed by atoms with E-state index in [1.807, 2.05) is 0 Å². The van der Waals surface area contributed by atoms with Gasteiger partial charge in [-0.2, -0.15) is 0 Å². The van der Waals surface area contributed by atoms with E-state index in [2.05, 4.69) is 4.74 Å². The largest absolute Gasteiger partial charge is 0.375 e. The summed E-state index contributed by atoms with van der Waals surface area (Å²) in [5, 5.41) is 0. The Morgan fingerprint density at radius 3 is 2.75 bits per heavy atom. The number of amides is 1. The van der Waals surface area contributed by atoms with Crippen LogP contribution in [0.15, 0.2) is 0 Å². The summed E-state index contributed by atoms with van der Waals surface area (Å²) >= 11 is 0. The third-order valence-corrected chi connectivity index (χ3v) is 1.07. The fourth-order valence-electron chi connectivity index (χ4n) is 0.514. The van der Waals surface area contributed by atoms with Gasteiger partial charge in [-0.25, -0.2) is 0 Å². The second-order valence-corrected chi connectivity index (χ2v) is 1.81. The summed E-state index contributed by atoms with van der Waals surface area (Å²) in [6.45, 7) is 2.07. The van der Waals surface area contributed by atoms with Crippen LogP contribution in [0.25, 0.3) is 0 Å². The van der Waals surface area contributed by atoms with Crippen molar-refractivity contribution in [1.82, 2.24) is 4.90 Å². The van der Waals surface area contributed by atoms with Crippen LogP contribution in [0, 0.1) is 0 Å². The molecule has 0 aromatic rings. The van der Waals surface area contributed by atoms with E-state index in [9.17, 15) is 4.79 Å². The Bertz CT molecular complexity index is 98.6. The van der Waals surface area contributed by atoms with Crippen LogP contribution in [0.3, 0.4) is 0 Å². The third-order valence-electron chi connectivity index (χ3n) is 1.07. The number of rotatable bonds is 2. The van der Waals surface area contributed by atoms with E-state index in [0.717, 1.165) is 13.1 Å². The molecule has 8 heavy (non-hydrogen) atoms. The predicted octanol–water partition coefficient (Wildman–Crippen LogP) is -0.525. The first-order valence-corrected chi connectivity index (χ1v) is 2.61.